The van der Waals surface area contributed by atoms with Gasteiger partial charge in [0.15, 0.2) is 5.82 Å². The van der Waals surface area contributed by atoms with Gasteiger partial charge in [-0.3, -0.25) is 4.79 Å². The monoisotopic (exact) mass is 382 g/mol. The fourth-order valence-electron chi connectivity index (χ4n) is 3.07. The minimum absolute atomic E-state index is 0. The summed E-state index contributed by atoms with van der Waals surface area (Å²) in [5, 5.41) is 7.15. The molecule has 1 aromatic carbocycles. The molecule has 6 nitrogen and oxygen atoms in total. The van der Waals surface area contributed by atoms with Crippen molar-refractivity contribution in [1.29, 1.82) is 0 Å². The van der Waals surface area contributed by atoms with Gasteiger partial charge in [0, 0.05) is 13.5 Å². The third-order valence-electron chi connectivity index (χ3n) is 4.49. The van der Waals surface area contributed by atoms with Crippen LogP contribution in [-0.2, 0) is 19.4 Å². The van der Waals surface area contributed by atoms with Gasteiger partial charge in [0.05, 0.1) is 12.1 Å². The molecule has 26 heavy (non-hydrogen) atoms. The molecule has 1 unspecified atom stereocenters. The van der Waals surface area contributed by atoms with Crippen LogP contribution in [0.25, 0.3) is 0 Å². The minimum atomic E-state index is -0.507. The van der Waals surface area contributed by atoms with Crippen LogP contribution in [0.2, 0.25) is 0 Å². The number of nitrogens with one attached hydrogen (secondary N) is 1. The Labute approximate surface area is 158 Å². The van der Waals surface area contributed by atoms with E-state index in [9.17, 15) is 9.18 Å². The van der Waals surface area contributed by atoms with Crippen LogP contribution >= 0.6 is 12.4 Å². The number of carbonyl (C=O) groups is 1. The van der Waals surface area contributed by atoms with Crippen LogP contribution in [0, 0.1) is 11.7 Å². The predicted molar refractivity (Wildman–Crippen MR) is 97.8 cm³/mol. The van der Waals surface area contributed by atoms with Crippen molar-refractivity contribution in [3.63, 3.8) is 0 Å². The Morgan fingerprint density at radius 3 is 2.92 bits per heavy atom. The summed E-state index contributed by atoms with van der Waals surface area (Å²) in [6.45, 7) is 4.08. The number of aryl methyl sites for hydroxylation is 1. The summed E-state index contributed by atoms with van der Waals surface area (Å²) in [5.74, 6) is 0.590. The molecule has 1 saturated heterocycles. The second kappa shape index (κ2) is 9.09. The van der Waals surface area contributed by atoms with Crippen LogP contribution in [0.1, 0.15) is 41.0 Å². The van der Waals surface area contributed by atoms with E-state index in [1.165, 1.54) is 11.0 Å². The molecular weight excluding hydrogens is 359 g/mol. The van der Waals surface area contributed by atoms with Crippen molar-refractivity contribution < 1.29 is 13.7 Å². The number of carbonyl (C=O) groups excluding carboxylic acids is 1. The summed E-state index contributed by atoms with van der Waals surface area (Å²) in [5.41, 5.74) is 1.07. The first kappa shape index (κ1) is 20.3. The zero-order valence-corrected chi connectivity index (χ0v) is 15.8. The van der Waals surface area contributed by atoms with Gasteiger partial charge in [-0.15, -0.1) is 12.4 Å². The SMILES string of the molecule is CCc1nc(CN(C)C(=O)c2cc(CC3CCNC3)ccc2F)no1.Cl. The van der Waals surface area contributed by atoms with E-state index in [-0.39, 0.29) is 30.4 Å². The van der Waals surface area contributed by atoms with Gasteiger partial charge in [-0.05, 0) is 49.5 Å². The summed E-state index contributed by atoms with van der Waals surface area (Å²) >= 11 is 0. The highest BCUT2D eigenvalue weighted by molar-refractivity contribution is 5.94. The van der Waals surface area contributed by atoms with Gasteiger partial charge in [-0.1, -0.05) is 18.1 Å². The van der Waals surface area contributed by atoms with Crippen molar-refractivity contribution in [2.45, 2.75) is 32.7 Å². The molecule has 0 saturated carbocycles. The Kier molecular flexibility index (Phi) is 7.11. The summed E-state index contributed by atoms with van der Waals surface area (Å²) in [6, 6.07) is 4.81. The van der Waals surface area contributed by atoms with Gasteiger partial charge in [-0.2, -0.15) is 4.98 Å². The number of halogens is 2. The number of aromatic nitrogens is 2. The van der Waals surface area contributed by atoms with E-state index in [0.717, 1.165) is 31.5 Å². The third-order valence-corrected chi connectivity index (χ3v) is 4.49. The lowest BCUT2D eigenvalue weighted by Gasteiger charge is -2.16. The Morgan fingerprint density at radius 2 is 2.27 bits per heavy atom. The molecule has 0 radical (unpaired) electrons. The van der Waals surface area contributed by atoms with Crippen molar-refractivity contribution in [2.24, 2.45) is 5.92 Å². The predicted octanol–water partition coefficient (Wildman–Crippen LogP) is 2.62. The van der Waals surface area contributed by atoms with E-state index in [2.05, 4.69) is 15.5 Å². The number of benzene rings is 1. The average molecular weight is 383 g/mol. The molecule has 142 valence electrons. The van der Waals surface area contributed by atoms with E-state index in [4.69, 9.17) is 4.52 Å². The second-order valence-electron chi connectivity index (χ2n) is 6.50. The fraction of sp³-hybridized carbons (Fsp3) is 0.500. The topological polar surface area (TPSA) is 71.3 Å². The third kappa shape index (κ3) is 4.80. The first-order valence-electron chi connectivity index (χ1n) is 8.63. The fourth-order valence-corrected chi connectivity index (χ4v) is 3.07. The van der Waals surface area contributed by atoms with E-state index >= 15 is 0 Å². The van der Waals surface area contributed by atoms with Gasteiger partial charge in [0.1, 0.15) is 5.82 Å². The highest BCUT2D eigenvalue weighted by atomic mass is 35.5. The van der Waals surface area contributed by atoms with E-state index < -0.39 is 5.82 Å². The molecule has 2 heterocycles. The van der Waals surface area contributed by atoms with Crippen molar-refractivity contribution >= 4 is 18.3 Å². The highest BCUT2D eigenvalue weighted by Crippen LogP contribution is 2.19. The van der Waals surface area contributed by atoms with Crippen LogP contribution < -0.4 is 5.32 Å². The van der Waals surface area contributed by atoms with Crippen LogP contribution in [0.15, 0.2) is 22.7 Å². The maximum absolute atomic E-state index is 14.2. The maximum Gasteiger partial charge on any atom is 0.256 e. The Hall–Kier alpha value is -1.99. The number of amides is 1. The number of hydrogen-bond donors (Lipinski definition) is 1. The van der Waals surface area contributed by atoms with E-state index in [1.54, 1.807) is 19.2 Å². The zero-order valence-electron chi connectivity index (χ0n) is 15.0. The zero-order chi connectivity index (χ0) is 17.8. The van der Waals surface area contributed by atoms with Crippen LogP contribution in [0.4, 0.5) is 4.39 Å². The Morgan fingerprint density at radius 1 is 1.46 bits per heavy atom. The molecule has 0 bridgehead atoms. The first-order valence-corrected chi connectivity index (χ1v) is 8.63. The van der Waals surface area contributed by atoms with Gasteiger partial charge in [-0.25, -0.2) is 4.39 Å². The summed E-state index contributed by atoms with van der Waals surface area (Å²) in [6.07, 6.45) is 2.59. The standard InChI is InChI=1S/C18H23FN4O2.ClH/c1-3-17-21-16(22-25-17)11-23(2)18(24)14-9-12(4-5-15(14)19)8-13-6-7-20-10-13;/h4-5,9,13,20H,3,6-8,10-11H2,1-2H3;1H. The lowest BCUT2D eigenvalue weighted by molar-refractivity contribution is 0.0776. The van der Waals surface area contributed by atoms with Crippen molar-refractivity contribution in [2.75, 3.05) is 20.1 Å². The van der Waals surface area contributed by atoms with Crippen molar-refractivity contribution in [3.05, 3.63) is 46.9 Å². The van der Waals surface area contributed by atoms with Crippen molar-refractivity contribution in [3.8, 4) is 0 Å². The Balaban J connectivity index is 0.00000243. The molecule has 1 aliphatic rings. The quantitative estimate of drug-likeness (QED) is 0.831. The molecule has 1 atom stereocenters. The molecule has 3 rings (SSSR count). The highest BCUT2D eigenvalue weighted by Gasteiger charge is 2.21. The molecule has 1 N–H and O–H groups in total. The number of hydrogen-bond acceptors (Lipinski definition) is 5. The molecule has 2 aromatic rings. The Bertz CT molecular complexity index is 747. The number of rotatable bonds is 6. The van der Waals surface area contributed by atoms with Gasteiger partial charge in [0.2, 0.25) is 5.89 Å². The minimum Gasteiger partial charge on any atom is -0.339 e. The van der Waals surface area contributed by atoms with Gasteiger partial charge < -0.3 is 14.7 Å². The lowest BCUT2D eigenvalue weighted by atomic mass is 9.97. The lowest BCUT2D eigenvalue weighted by Crippen LogP contribution is -2.27. The second-order valence-corrected chi connectivity index (χ2v) is 6.50. The summed E-state index contributed by atoms with van der Waals surface area (Å²) in [4.78, 5) is 18.2. The van der Waals surface area contributed by atoms with Gasteiger partial charge >= 0.3 is 0 Å². The molecular formula is C18H24ClFN4O2. The molecule has 8 heteroatoms. The maximum atomic E-state index is 14.2. The molecule has 0 spiro atoms. The molecule has 1 amide bonds. The van der Waals surface area contributed by atoms with Crippen LogP contribution in [0.5, 0.6) is 0 Å². The van der Waals surface area contributed by atoms with E-state index in [0.29, 0.717) is 24.1 Å². The smallest absolute Gasteiger partial charge is 0.256 e. The number of nitrogens with zero attached hydrogens (tertiary/aromatic N) is 3. The first-order chi connectivity index (χ1) is 12.1. The molecule has 1 fully saturated rings. The summed E-state index contributed by atoms with van der Waals surface area (Å²) in [7, 11) is 1.61. The summed E-state index contributed by atoms with van der Waals surface area (Å²) < 4.78 is 19.2. The molecule has 1 aromatic heterocycles. The van der Waals surface area contributed by atoms with Crippen LogP contribution in [0.3, 0.4) is 0 Å². The normalized spacial score (nSPS) is 16.3. The molecule has 1 aliphatic heterocycles. The largest absolute Gasteiger partial charge is 0.339 e. The van der Waals surface area contributed by atoms with Gasteiger partial charge in [0.25, 0.3) is 5.91 Å². The van der Waals surface area contributed by atoms with E-state index in [1.807, 2.05) is 6.92 Å². The molecule has 0 aliphatic carbocycles. The van der Waals surface area contributed by atoms with Crippen LogP contribution in [-0.4, -0.2) is 41.1 Å². The average Bonchev–Trinajstić information content (AvgIpc) is 3.27. The van der Waals surface area contributed by atoms with Crippen molar-refractivity contribution in [1.82, 2.24) is 20.4 Å².